The first-order chi connectivity index (χ1) is 10.7. The molecule has 1 atom stereocenters. The van der Waals surface area contributed by atoms with Crippen molar-refractivity contribution in [3.05, 3.63) is 64.7 Å². The largest absolute Gasteiger partial charge is 0.375 e. The summed E-state index contributed by atoms with van der Waals surface area (Å²) in [6.45, 7) is 0.225. The molecule has 0 bridgehead atoms. The zero-order valence-corrected chi connectivity index (χ0v) is 13.1. The van der Waals surface area contributed by atoms with E-state index in [0.29, 0.717) is 5.02 Å². The lowest BCUT2D eigenvalue weighted by Crippen LogP contribution is -2.35. The van der Waals surface area contributed by atoms with E-state index < -0.39 is 0 Å². The molecule has 1 unspecified atom stereocenters. The Labute approximate surface area is 135 Å². The molecule has 1 aliphatic carbocycles. The van der Waals surface area contributed by atoms with Crippen LogP contribution in [0.3, 0.4) is 0 Å². The minimum absolute atomic E-state index is 0.0124. The summed E-state index contributed by atoms with van der Waals surface area (Å²) < 4.78 is 0. The van der Waals surface area contributed by atoms with Crippen LogP contribution in [-0.4, -0.2) is 12.5 Å². The number of hydrogen-bond acceptors (Lipinski definition) is 2. The minimum atomic E-state index is -0.0124. The van der Waals surface area contributed by atoms with Crippen LogP contribution in [0.5, 0.6) is 0 Å². The number of hydrogen-bond donors (Lipinski definition) is 2. The molecule has 0 saturated carbocycles. The maximum absolute atomic E-state index is 12.2. The third kappa shape index (κ3) is 3.42. The van der Waals surface area contributed by atoms with Gasteiger partial charge in [-0.2, -0.15) is 0 Å². The van der Waals surface area contributed by atoms with E-state index in [4.69, 9.17) is 11.6 Å². The highest BCUT2D eigenvalue weighted by Gasteiger charge is 2.21. The van der Waals surface area contributed by atoms with Crippen LogP contribution in [0.1, 0.15) is 30.0 Å². The van der Waals surface area contributed by atoms with Crippen molar-refractivity contribution < 1.29 is 4.79 Å². The van der Waals surface area contributed by atoms with E-state index in [1.54, 1.807) is 6.07 Å². The van der Waals surface area contributed by atoms with Crippen LogP contribution in [0.15, 0.2) is 48.5 Å². The smallest absolute Gasteiger partial charge is 0.239 e. The molecule has 4 heteroatoms. The third-order valence-corrected chi connectivity index (χ3v) is 4.35. The molecule has 0 aromatic heterocycles. The molecule has 0 radical (unpaired) electrons. The fourth-order valence-corrected chi connectivity index (χ4v) is 3.13. The predicted octanol–water partition coefficient (Wildman–Crippen LogP) is 3.95. The number of anilines is 1. The minimum Gasteiger partial charge on any atom is -0.375 e. The zero-order valence-electron chi connectivity index (χ0n) is 12.3. The number of carbonyl (C=O) groups excluding carboxylic acids is 1. The second-order valence-electron chi connectivity index (χ2n) is 5.54. The van der Waals surface area contributed by atoms with Crippen LogP contribution < -0.4 is 10.6 Å². The summed E-state index contributed by atoms with van der Waals surface area (Å²) in [6, 6.07) is 15.9. The average molecular weight is 315 g/mol. The molecule has 3 rings (SSSR count). The van der Waals surface area contributed by atoms with E-state index in [1.807, 2.05) is 24.3 Å². The van der Waals surface area contributed by atoms with E-state index >= 15 is 0 Å². The predicted molar refractivity (Wildman–Crippen MR) is 90.2 cm³/mol. The highest BCUT2D eigenvalue weighted by atomic mass is 35.5. The molecule has 3 nitrogen and oxygen atoms in total. The number of halogens is 1. The first kappa shape index (κ1) is 14.9. The Morgan fingerprint density at radius 1 is 1.14 bits per heavy atom. The van der Waals surface area contributed by atoms with Gasteiger partial charge in [-0.3, -0.25) is 4.79 Å². The summed E-state index contributed by atoms with van der Waals surface area (Å²) in [5.41, 5.74) is 3.38. The fourth-order valence-electron chi connectivity index (χ4n) is 2.93. The van der Waals surface area contributed by atoms with Crippen molar-refractivity contribution >= 4 is 23.2 Å². The van der Waals surface area contributed by atoms with Crippen LogP contribution >= 0.6 is 11.6 Å². The number of rotatable bonds is 4. The van der Waals surface area contributed by atoms with E-state index in [0.717, 1.165) is 24.9 Å². The summed E-state index contributed by atoms with van der Waals surface area (Å²) in [4.78, 5) is 12.2. The molecule has 114 valence electrons. The normalized spacial score (nSPS) is 16.7. The molecule has 0 fully saturated rings. The molecule has 2 N–H and O–H groups in total. The molecule has 22 heavy (non-hydrogen) atoms. The van der Waals surface area contributed by atoms with Gasteiger partial charge in [0.05, 0.1) is 23.3 Å². The van der Waals surface area contributed by atoms with Crippen LogP contribution in [0.2, 0.25) is 5.02 Å². The van der Waals surface area contributed by atoms with E-state index in [1.165, 1.54) is 11.1 Å². The van der Waals surface area contributed by atoms with Gasteiger partial charge < -0.3 is 10.6 Å². The number of aryl methyl sites for hydroxylation is 1. The number of nitrogens with one attached hydrogen (secondary N) is 2. The SMILES string of the molecule is O=C(CNc1ccccc1Cl)NC1CCCc2ccccc21. The highest BCUT2D eigenvalue weighted by Crippen LogP contribution is 2.29. The Kier molecular flexibility index (Phi) is 4.64. The van der Waals surface area contributed by atoms with Crippen LogP contribution in [0.25, 0.3) is 0 Å². The van der Waals surface area contributed by atoms with Crippen molar-refractivity contribution in [3.8, 4) is 0 Å². The van der Waals surface area contributed by atoms with Crippen molar-refractivity contribution in [3.63, 3.8) is 0 Å². The van der Waals surface area contributed by atoms with Crippen molar-refractivity contribution in [2.24, 2.45) is 0 Å². The first-order valence-corrected chi connectivity index (χ1v) is 7.97. The van der Waals surface area contributed by atoms with Gasteiger partial charge in [-0.15, -0.1) is 0 Å². The fraction of sp³-hybridized carbons (Fsp3) is 0.278. The van der Waals surface area contributed by atoms with Gasteiger partial charge in [0.2, 0.25) is 5.91 Å². The van der Waals surface area contributed by atoms with Gasteiger partial charge in [0, 0.05) is 0 Å². The topological polar surface area (TPSA) is 41.1 Å². The lowest BCUT2D eigenvalue weighted by Gasteiger charge is -2.26. The Morgan fingerprint density at radius 2 is 1.91 bits per heavy atom. The highest BCUT2D eigenvalue weighted by molar-refractivity contribution is 6.33. The third-order valence-electron chi connectivity index (χ3n) is 4.02. The van der Waals surface area contributed by atoms with Crippen molar-refractivity contribution in [2.75, 3.05) is 11.9 Å². The Morgan fingerprint density at radius 3 is 2.77 bits per heavy atom. The van der Waals surface area contributed by atoms with Crippen LogP contribution in [0.4, 0.5) is 5.69 Å². The number of para-hydroxylation sites is 1. The van der Waals surface area contributed by atoms with Gasteiger partial charge in [0.1, 0.15) is 0 Å². The van der Waals surface area contributed by atoms with E-state index in [2.05, 4.69) is 28.8 Å². The zero-order chi connectivity index (χ0) is 15.4. The molecule has 0 heterocycles. The van der Waals surface area contributed by atoms with Crippen molar-refractivity contribution in [2.45, 2.75) is 25.3 Å². The molecule has 0 spiro atoms. The standard InChI is InChI=1S/C18H19ClN2O/c19-15-9-3-4-10-17(15)20-12-18(22)21-16-11-5-7-13-6-1-2-8-14(13)16/h1-4,6,8-10,16,20H,5,7,11-12H2,(H,21,22). The number of carbonyl (C=O) groups is 1. The lowest BCUT2D eigenvalue weighted by atomic mass is 9.88. The van der Waals surface area contributed by atoms with Gasteiger partial charge in [0.15, 0.2) is 0 Å². The molecule has 0 saturated heterocycles. The van der Waals surface area contributed by atoms with Crippen LogP contribution in [0, 0.1) is 0 Å². The summed E-state index contributed by atoms with van der Waals surface area (Å²) in [7, 11) is 0. The number of amides is 1. The average Bonchev–Trinajstić information content (AvgIpc) is 2.54. The van der Waals surface area contributed by atoms with Gasteiger partial charge in [-0.05, 0) is 42.5 Å². The van der Waals surface area contributed by atoms with Gasteiger partial charge in [-0.25, -0.2) is 0 Å². The summed E-state index contributed by atoms with van der Waals surface area (Å²) in [5, 5.41) is 6.83. The van der Waals surface area contributed by atoms with Gasteiger partial charge in [0.25, 0.3) is 0 Å². The molecule has 2 aromatic carbocycles. The van der Waals surface area contributed by atoms with E-state index in [-0.39, 0.29) is 18.5 Å². The van der Waals surface area contributed by atoms with Crippen molar-refractivity contribution in [1.82, 2.24) is 5.32 Å². The molecule has 1 amide bonds. The van der Waals surface area contributed by atoms with Crippen LogP contribution in [-0.2, 0) is 11.2 Å². The first-order valence-electron chi connectivity index (χ1n) is 7.59. The Bertz CT molecular complexity index is 672. The molecule has 0 aliphatic heterocycles. The molecular formula is C18H19ClN2O. The quantitative estimate of drug-likeness (QED) is 0.897. The van der Waals surface area contributed by atoms with E-state index in [9.17, 15) is 4.79 Å². The maximum Gasteiger partial charge on any atom is 0.239 e. The number of fused-ring (bicyclic) bond motifs is 1. The van der Waals surface area contributed by atoms with Gasteiger partial charge in [-0.1, -0.05) is 48.0 Å². The summed E-state index contributed by atoms with van der Waals surface area (Å²) in [6.07, 6.45) is 3.20. The second-order valence-corrected chi connectivity index (χ2v) is 5.95. The summed E-state index contributed by atoms with van der Waals surface area (Å²) in [5.74, 6) is -0.0124. The monoisotopic (exact) mass is 314 g/mol. The molecular weight excluding hydrogens is 296 g/mol. The summed E-state index contributed by atoms with van der Waals surface area (Å²) >= 11 is 6.07. The Balaban J connectivity index is 1.60. The Hall–Kier alpha value is -2.00. The number of benzene rings is 2. The lowest BCUT2D eigenvalue weighted by molar-refractivity contribution is -0.120. The molecule has 2 aromatic rings. The maximum atomic E-state index is 12.2. The molecule has 1 aliphatic rings. The van der Waals surface area contributed by atoms with Gasteiger partial charge >= 0.3 is 0 Å². The second kappa shape index (κ2) is 6.84. The van der Waals surface area contributed by atoms with Crippen molar-refractivity contribution in [1.29, 1.82) is 0 Å².